The Balaban J connectivity index is 1.74. The smallest absolute Gasteiger partial charge is 0.267 e. The van der Waals surface area contributed by atoms with Crippen LogP contribution in [0, 0.1) is 18.3 Å². The van der Waals surface area contributed by atoms with Crippen molar-refractivity contribution in [3.63, 3.8) is 0 Å². The minimum atomic E-state index is -0.528. The molecule has 0 unspecified atom stereocenters. The lowest BCUT2D eigenvalue weighted by molar-refractivity contribution is -0.117. The molecule has 9 nitrogen and oxygen atoms in total. The predicted molar refractivity (Wildman–Crippen MR) is 115 cm³/mol. The fourth-order valence-electron chi connectivity index (χ4n) is 3.84. The van der Waals surface area contributed by atoms with Gasteiger partial charge >= 0.3 is 0 Å². The van der Waals surface area contributed by atoms with Gasteiger partial charge in [0.1, 0.15) is 23.1 Å². The van der Waals surface area contributed by atoms with Gasteiger partial charge in [-0.1, -0.05) is 6.07 Å². The first kappa shape index (κ1) is 21.0. The first-order chi connectivity index (χ1) is 15.1. The van der Waals surface area contributed by atoms with Gasteiger partial charge in [0.2, 0.25) is 0 Å². The molecule has 2 fully saturated rings. The van der Waals surface area contributed by atoms with Crippen LogP contribution >= 0.6 is 0 Å². The minimum absolute atomic E-state index is 0.0382. The lowest BCUT2D eigenvalue weighted by atomic mass is 10.1. The number of hydrogen-bond donors (Lipinski definition) is 1. The van der Waals surface area contributed by atoms with Crippen molar-refractivity contribution < 1.29 is 14.3 Å². The summed E-state index contributed by atoms with van der Waals surface area (Å²) in [6.07, 6.45) is 4.79. The Hall–Kier alpha value is -3.22. The maximum Gasteiger partial charge on any atom is 0.267 e. The van der Waals surface area contributed by atoms with Crippen molar-refractivity contribution in [3.8, 4) is 6.07 Å². The molecule has 1 N–H and O–H groups in total. The number of aryl methyl sites for hydroxylation is 1. The molecule has 2 aliphatic rings. The van der Waals surface area contributed by atoms with Gasteiger partial charge in [0, 0.05) is 32.4 Å². The molecule has 4 heterocycles. The molecule has 1 atom stereocenters. The first-order valence-corrected chi connectivity index (χ1v) is 10.4. The standard InChI is InChI=1S/C22H25N5O4/c1-15-4-2-6-27-19(15)25-20(26-7-10-30-11-8-26)18(22(27)29)12-16(13-23)21(28)24-14-17-5-3-9-31-17/h2,4,6,12,17H,3,5,7-11,14H2,1H3,(H,24,28)/b16-12+/t17-/m1/s1. The summed E-state index contributed by atoms with van der Waals surface area (Å²) in [4.78, 5) is 32.7. The number of aromatic nitrogens is 2. The second-order valence-electron chi connectivity index (χ2n) is 7.65. The van der Waals surface area contributed by atoms with Gasteiger partial charge < -0.3 is 19.7 Å². The molecule has 2 saturated heterocycles. The Morgan fingerprint density at radius 2 is 2.19 bits per heavy atom. The summed E-state index contributed by atoms with van der Waals surface area (Å²) in [7, 11) is 0. The van der Waals surface area contributed by atoms with Crippen LogP contribution < -0.4 is 15.8 Å². The van der Waals surface area contributed by atoms with E-state index in [4.69, 9.17) is 14.5 Å². The molecule has 1 amide bonds. The summed E-state index contributed by atoms with van der Waals surface area (Å²) in [5.74, 6) is -0.0676. The summed E-state index contributed by atoms with van der Waals surface area (Å²) in [6, 6.07) is 5.59. The molecule has 0 aromatic carbocycles. The van der Waals surface area contributed by atoms with Crippen LogP contribution in [0.1, 0.15) is 24.0 Å². The molecule has 0 bridgehead atoms. The molecule has 4 rings (SSSR count). The van der Waals surface area contributed by atoms with Crippen LogP contribution in [0.4, 0.5) is 5.82 Å². The topological polar surface area (TPSA) is 109 Å². The number of morpholine rings is 1. The third-order valence-corrected chi connectivity index (χ3v) is 5.54. The highest BCUT2D eigenvalue weighted by atomic mass is 16.5. The van der Waals surface area contributed by atoms with E-state index >= 15 is 0 Å². The number of carbonyl (C=O) groups excluding carboxylic acids is 1. The maximum atomic E-state index is 13.3. The van der Waals surface area contributed by atoms with E-state index in [1.807, 2.05) is 24.0 Å². The zero-order valence-electron chi connectivity index (χ0n) is 17.5. The Morgan fingerprint density at radius 3 is 2.90 bits per heavy atom. The number of nitrogens with one attached hydrogen (secondary N) is 1. The van der Waals surface area contributed by atoms with E-state index in [1.165, 1.54) is 10.5 Å². The normalized spacial score (nSPS) is 19.4. The third kappa shape index (κ3) is 4.45. The second-order valence-corrected chi connectivity index (χ2v) is 7.65. The average molecular weight is 423 g/mol. The number of pyridine rings is 1. The van der Waals surface area contributed by atoms with E-state index in [0.717, 1.165) is 18.4 Å². The minimum Gasteiger partial charge on any atom is -0.378 e. The number of carbonyl (C=O) groups is 1. The molecule has 0 saturated carbocycles. The van der Waals surface area contributed by atoms with Gasteiger partial charge in [-0.3, -0.25) is 14.0 Å². The molecule has 162 valence electrons. The number of ether oxygens (including phenoxy) is 2. The number of fused-ring (bicyclic) bond motifs is 1. The fraction of sp³-hybridized carbons (Fsp3) is 0.455. The van der Waals surface area contributed by atoms with Gasteiger partial charge in [0.15, 0.2) is 0 Å². The number of anilines is 1. The summed E-state index contributed by atoms with van der Waals surface area (Å²) in [5.41, 5.74) is 1.16. The van der Waals surface area contributed by atoms with Crippen molar-refractivity contribution >= 4 is 23.4 Å². The molecule has 0 spiro atoms. The van der Waals surface area contributed by atoms with Crippen LogP contribution in [0.5, 0.6) is 0 Å². The average Bonchev–Trinajstić information content (AvgIpc) is 3.31. The van der Waals surface area contributed by atoms with E-state index in [2.05, 4.69) is 5.32 Å². The van der Waals surface area contributed by atoms with Crippen LogP contribution in [0.25, 0.3) is 11.7 Å². The zero-order chi connectivity index (χ0) is 21.8. The van der Waals surface area contributed by atoms with Crippen molar-refractivity contribution in [1.29, 1.82) is 5.26 Å². The Morgan fingerprint density at radius 1 is 1.39 bits per heavy atom. The van der Waals surface area contributed by atoms with Gasteiger partial charge in [-0.2, -0.15) is 5.26 Å². The first-order valence-electron chi connectivity index (χ1n) is 10.4. The van der Waals surface area contributed by atoms with Crippen molar-refractivity contribution in [1.82, 2.24) is 14.7 Å². The highest BCUT2D eigenvalue weighted by molar-refractivity contribution is 6.02. The van der Waals surface area contributed by atoms with E-state index < -0.39 is 5.91 Å². The SMILES string of the molecule is Cc1cccn2c(=O)c(/C=C(\C#N)C(=O)NC[C@H]3CCCO3)c(N3CCOCC3)nc12. The number of nitrogens with zero attached hydrogens (tertiary/aromatic N) is 4. The molecule has 0 radical (unpaired) electrons. The monoisotopic (exact) mass is 423 g/mol. The largest absolute Gasteiger partial charge is 0.378 e. The Bertz CT molecular complexity index is 1110. The van der Waals surface area contributed by atoms with Gasteiger partial charge in [-0.15, -0.1) is 0 Å². The van der Waals surface area contributed by atoms with E-state index in [-0.39, 0.29) is 22.8 Å². The lowest BCUT2D eigenvalue weighted by Crippen LogP contribution is -2.39. The van der Waals surface area contributed by atoms with Crippen molar-refractivity contribution in [2.45, 2.75) is 25.9 Å². The fourth-order valence-corrected chi connectivity index (χ4v) is 3.84. The quantitative estimate of drug-likeness (QED) is 0.565. The number of amides is 1. The maximum absolute atomic E-state index is 13.3. The zero-order valence-corrected chi connectivity index (χ0v) is 17.5. The van der Waals surface area contributed by atoms with Crippen LogP contribution in [0.3, 0.4) is 0 Å². The van der Waals surface area contributed by atoms with Crippen molar-refractivity contribution in [2.24, 2.45) is 0 Å². The van der Waals surface area contributed by atoms with E-state index in [1.54, 1.807) is 12.3 Å². The summed E-state index contributed by atoms with van der Waals surface area (Å²) in [5, 5.41) is 12.4. The summed E-state index contributed by atoms with van der Waals surface area (Å²) >= 11 is 0. The molecular formula is C22H25N5O4. The molecule has 2 aromatic heterocycles. The molecular weight excluding hydrogens is 398 g/mol. The molecule has 9 heteroatoms. The van der Waals surface area contributed by atoms with Crippen LogP contribution in [0.15, 0.2) is 28.7 Å². The Kier molecular flexibility index (Phi) is 6.30. The number of rotatable bonds is 5. The summed E-state index contributed by atoms with van der Waals surface area (Å²) < 4.78 is 12.4. The van der Waals surface area contributed by atoms with Gasteiger partial charge in [0.25, 0.3) is 11.5 Å². The third-order valence-electron chi connectivity index (χ3n) is 5.54. The second kappa shape index (κ2) is 9.29. The highest BCUT2D eigenvalue weighted by Crippen LogP contribution is 2.21. The van der Waals surface area contributed by atoms with Gasteiger partial charge in [-0.25, -0.2) is 4.98 Å². The molecule has 31 heavy (non-hydrogen) atoms. The highest BCUT2D eigenvalue weighted by Gasteiger charge is 2.22. The van der Waals surface area contributed by atoms with Crippen molar-refractivity contribution in [2.75, 3.05) is 44.4 Å². The lowest BCUT2D eigenvalue weighted by Gasteiger charge is -2.29. The number of nitriles is 1. The van der Waals surface area contributed by atoms with E-state index in [9.17, 15) is 14.9 Å². The molecule has 0 aliphatic carbocycles. The van der Waals surface area contributed by atoms with Gasteiger partial charge in [0.05, 0.1) is 24.9 Å². The molecule has 2 aliphatic heterocycles. The predicted octanol–water partition coefficient (Wildman–Crippen LogP) is 1.04. The number of hydrogen-bond acceptors (Lipinski definition) is 7. The summed E-state index contributed by atoms with van der Waals surface area (Å²) in [6.45, 7) is 5.09. The van der Waals surface area contributed by atoms with Gasteiger partial charge in [-0.05, 0) is 37.5 Å². The van der Waals surface area contributed by atoms with Crippen LogP contribution in [-0.4, -0.2) is 60.9 Å². The molecule has 2 aromatic rings. The Labute approximate surface area is 179 Å². The van der Waals surface area contributed by atoms with Crippen LogP contribution in [-0.2, 0) is 14.3 Å². The van der Waals surface area contributed by atoms with Crippen molar-refractivity contribution in [3.05, 3.63) is 45.4 Å². The van der Waals surface area contributed by atoms with E-state index in [0.29, 0.717) is 50.9 Å². The van der Waals surface area contributed by atoms with Crippen LogP contribution in [0.2, 0.25) is 0 Å².